The van der Waals surface area contributed by atoms with Gasteiger partial charge in [0.15, 0.2) is 11.5 Å². The summed E-state index contributed by atoms with van der Waals surface area (Å²) >= 11 is 6.37. The Balaban J connectivity index is 1.94. The Labute approximate surface area is 148 Å². The summed E-state index contributed by atoms with van der Waals surface area (Å²) in [5, 5.41) is 8.27. The number of nitrogens with zero attached hydrogens (tertiary/aromatic N) is 2. The molecule has 0 aliphatic rings. The Morgan fingerprint density at radius 2 is 2.08 bits per heavy atom. The Bertz CT molecular complexity index is 643. The first-order valence-electron chi connectivity index (χ1n) is 8.41. The lowest BCUT2D eigenvalue weighted by Gasteiger charge is -2.15. The normalized spacial score (nSPS) is 10.8. The monoisotopic (exact) mass is 351 g/mol. The zero-order chi connectivity index (χ0) is 17.4. The van der Waals surface area contributed by atoms with Crippen molar-refractivity contribution in [3.8, 4) is 11.5 Å². The molecule has 24 heavy (non-hydrogen) atoms. The second kappa shape index (κ2) is 9.55. The van der Waals surface area contributed by atoms with Crippen LogP contribution in [0.1, 0.15) is 31.4 Å². The van der Waals surface area contributed by atoms with E-state index < -0.39 is 0 Å². The molecule has 0 fully saturated rings. The number of nitrogens with one attached hydrogen (secondary N) is 1. The van der Waals surface area contributed by atoms with Gasteiger partial charge in [-0.05, 0) is 43.5 Å². The van der Waals surface area contributed by atoms with Gasteiger partial charge in [-0.2, -0.15) is 5.10 Å². The molecule has 5 nitrogen and oxygen atoms in total. The van der Waals surface area contributed by atoms with Crippen molar-refractivity contribution >= 4 is 11.6 Å². The quantitative estimate of drug-likeness (QED) is 0.661. The van der Waals surface area contributed by atoms with Gasteiger partial charge in [0.05, 0.1) is 31.0 Å². The van der Waals surface area contributed by atoms with E-state index in [1.165, 1.54) is 5.56 Å². The maximum Gasteiger partial charge on any atom is 0.179 e. The van der Waals surface area contributed by atoms with E-state index in [1.54, 1.807) is 0 Å². The van der Waals surface area contributed by atoms with E-state index in [-0.39, 0.29) is 0 Å². The number of hydrogen-bond acceptors (Lipinski definition) is 4. The van der Waals surface area contributed by atoms with Crippen molar-refractivity contribution in [3.63, 3.8) is 0 Å². The van der Waals surface area contributed by atoms with E-state index in [1.807, 2.05) is 43.1 Å². The van der Waals surface area contributed by atoms with Crippen molar-refractivity contribution < 1.29 is 9.47 Å². The zero-order valence-corrected chi connectivity index (χ0v) is 15.4. The molecule has 0 saturated heterocycles. The van der Waals surface area contributed by atoms with Gasteiger partial charge in [-0.25, -0.2) is 0 Å². The van der Waals surface area contributed by atoms with Gasteiger partial charge in [0, 0.05) is 19.3 Å². The Hall–Kier alpha value is -1.72. The minimum atomic E-state index is 0.578. The van der Waals surface area contributed by atoms with Crippen LogP contribution in [0.15, 0.2) is 24.5 Å². The van der Waals surface area contributed by atoms with Crippen molar-refractivity contribution in [1.29, 1.82) is 0 Å². The van der Waals surface area contributed by atoms with Gasteiger partial charge < -0.3 is 14.8 Å². The lowest BCUT2D eigenvalue weighted by atomic mass is 10.2. The summed E-state index contributed by atoms with van der Waals surface area (Å²) in [6.07, 6.45) is 4.83. The first kappa shape index (κ1) is 18.6. The highest BCUT2D eigenvalue weighted by Gasteiger charge is 2.12. The number of benzene rings is 1. The van der Waals surface area contributed by atoms with Crippen molar-refractivity contribution in [2.75, 3.05) is 19.8 Å². The predicted octanol–water partition coefficient (Wildman–Crippen LogP) is 3.82. The van der Waals surface area contributed by atoms with Crippen molar-refractivity contribution in [3.05, 3.63) is 40.7 Å². The third-order valence-electron chi connectivity index (χ3n) is 3.43. The van der Waals surface area contributed by atoms with Crippen LogP contribution in [-0.2, 0) is 13.1 Å². The third-order valence-corrected chi connectivity index (χ3v) is 3.71. The van der Waals surface area contributed by atoms with Crippen LogP contribution in [-0.4, -0.2) is 29.5 Å². The Morgan fingerprint density at radius 3 is 2.75 bits per heavy atom. The van der Waals surface area contributed by atoms with Gasteiger partial charge in [-0.1, -0.05) is 18.5 Å². The van der Waals surface area contributed by atoms with Crippen LogP contribution in [0.5, 0.6) is 11.5 Å². The van der Waals surface area contributed by atoms with Gasteiger partial charge in [-0.3, -0.25) is 4.68 Å². The molecular formula is C18H26ClN3O2. The summed E-state index contributed by atoms with van der Waals surface area (Å²) in [4.78, 5) is 0. The summed E-state index contributed by atoms with van der Waals surface area (Å²) in [5.74, 6) is 1.34. The summed E-state index contributed by atoms with van der Waals surface area (Å²) in [7, 11) is 0. The maximum absolute atomic E-state index is 6.37. The van der Waals surface area contributed by atoms with E-state index in [0.29, 0.717) is 36.3 Å². The molecular weight excluding hydrogens is 326 g/mol. The fourth-order valence-corrected chi connectivity index (χ4v) is 2.63. The topological polar surface area (TPSA) is 48.3 Å². The standard InChI is InChI=1S/C18H26ClN3O2/c1-4-8-24-18-16(19)9-15(10-17(18)23-5-2)12-20-6-7-22-13-14(3)11-21-22/h9-11,13,20H,4-8,12H2,1-3H3. The molecule has 0 unspecified atom stereocenters. The van der Waals surface area contributed by atoms with Gasteiger partial charge in [0.2, 0.25) is 0 Å². The van der Waals surface area contributed by atoms with Crippen LogP contribution in [0, 0.1) is 6.92 Å². The maximum atomic E-state index is 6.37. The number of halogens is 1. The van der Waals surface area contributed by atoms with Crippen LogP contribution in [0.2, 0.25) is 5.02 Å². The fraction of sp³-hybridized carbons (Fsp3) is 0.500. The average molecular weight is 352 g/mol. The second-order valence-corrected chi connectivity index (χ2v) is 6.05. The third kappa shape index (κ3) is 5.42. The predicted molar refractivity (Wildman–Crippen MR) is 97.1 cm³/mol. The number of aryl methyl sites for hydroxylation is 1. The molecule has 0 aliphatic heterocycles. The summed E-state index contributed by atoms with van der Waals surface area (Å²) in [5.41, 5.74) is 2.25. The molecule has 0 bridgehead atoms. The number of rotatable bonds is 10. The smallest absolute Gasteiger partial charge is 0.179 e. The molecule has 0 spiro atoms. The molecule has 0 saturated carbocycles. The fourth-order valence-electron chi connectivity index (χ4n) is 2.35. The van der Waals surface area contributed by atoms with E-state index in [0.717, 1.165) is 25.1 Å². The lowest BCUT2D eigenvalue weighted by Crippen LogP contribution is -2.19. The Morgan fingerprint density at radius 1 is 1.25 bits per heavy atom. The molecule has 2 rings (SSSR count). The molecule has 1 N–H and O–H groups in total. The SMILES string of the molecule is CCCOc1c(Cl)cc(CNCCn2cc(C)cn2)cc1OCC. The highest BCUT2D eigenvalue weighted by molar-refractivity contribution is 6.32. The van der Waals surface area contributed by atoms with Gasteiger partial charge in [-0.15, -0.1) is 0 Å². The number of aromatic nitrogens is 2. The first-order chi connectivity index (χ1) is 11.6. The van der Waals surface area contributed by atoms with Gasteiger partial charge in [0.1, 0.15) is 0 Å². The highest BCUT2D eigenvalue weighted by atomic mass is 35.5. The largest absolute Gasteiger partial charge is 0.490 e. The van der Waals surface area contributed by atoms with E-state index in [4.69, 9.17) is 21.1 Å². The van der Waals surface area contributed by atoms with E-state index in [9.17, 15) is 0 Å². The molecule has 132 valence electrons. The summed E-state index contributed by atoms with van der Waals surface area (Å²) < 4.78 is 13.3. The van der Waals surface area contributed by atoms with Crippen LogP contribution in [0.25, 0.3) is 0 Å². The minimum Gasteiger partial charge on any atom is -0.490 e. The summed E-state index contributed by atoms with van der Waals surface area (Å²) in [6.45, 7) is 9.63. The van der Waals surface area contributed by atoms with Crippen molar-refractivity contribution in [1.82, 2.24) is 15.1 Å². The lowest BCUT2D eigenvalue weighted by molar-refractivity contribution is 0.277. The zero-order valence-electron chi connectivity index (χ0n) is 14.6. The Kier molecular flexibility index (Phi) is 7.40. The van der Waals surface area contributed by atoms with E-state index in [2.05, 4.69) is 17.3 Å². The first-order valence-corrected chi connectivity index (χ1v) is 8.79. The van der Waals surface area contributed by atoms with Crippen LogP contribution < -0.4 is 14.8 Å². The second-order valence-electron chi connectivity index (χ2n) is 5.64. The molecule has 1 aromatic heterocycles. The molecule has 2 aromatic rings. The van der Waals surface area contributed by atoms with Crippen molar-refractivity contribution in [2.45, 2.75) is 40.3 Å². The molecule has 1 aromatic carbocycles. The molecule has 0 amide bonds. The number of ether oxygens (including phenoxy) is 2. The van der Waals surface area contributed by atoms with Gasteiger partial charge in [0.25, 0.3) is 0 Å². The highest BCUT2D eigenvalue weighted by Crippen LogP contribution is 2.36. The van der Waals surface area contributed by atoms with Crippen molar-refractivity contribution in [2.24, 2.45) is 0 Å². The van der Waals surface area contributed by atoms with Crippen LogP contribution in [0.4, 0.5) is 0 Å². The molecule has 6 heteroatoms. The minimum absolute atomic E-state index is 0.578. The number of hydrogen-bond donors (Lipinski definition) is 1. The van der Waals surface area contributed by atoms with Crippen LogP contribution in [0.3, 0.4) is 0 Å². The average Bonchev–Trinajstić information content (AvgIpc) is 2.96. The molecule has 1 heterocycles. The molecule has 0 aliphatic carbocycles. The molecule has 0 atom stereocenters. The molecule has 0 radical (unpaired) electrons. The summed E-state index contributed by atoms with van der Waals surface area (Å²) in [6, 6.07) is 3.92. The van der Waals surface area contributed by atoms with Crippen LogP contribution >= 0.6 is 11.6 Å². The van der Waals surface area contributed by atoms with E-state index >= 15 is 0 Å². The van der Waals surface area contributed by atoms with Gasteiger partial charge >= 0.3 is 0 Å².